The number of carboxylic acids is 1. The SMILES string of the molecule is CCc1ccc(CNC(C)(C)C(=O)O)s1. The van der Waals surface area contributed by atoms with Gasteiger partial charge in [-0.2, -0.15) is 0 Å². The number of aliphatic carboxylic acids is 1. The second-order valence-corrected chi connectivity index (χ2v) is 5.26. The molecule has 0 radical (unpaired) electrons. The van der Waals surface area contributed by atoms with Gasteiger partial charge in [-0.15, -0.1) is 11.3 Å². The van der Waals surface area contributed by atoms with E-state index in [1.165, 1.54) is 9.75 Å². The molecule has 84 valence electrons. The van der Waals surface area contributed by atoms with Crippen molar-refractivity contribution in [2.75, 3.05) is 0 Å². The van der Waals surface area contributed by atoms with Crippen LogP contribution in [-0.4, -0.2) is 16.6 Å². The molecule has 4 heteroatoms. The molecule has 3 nitrogen and oxygen atoms in total. The number of rotatable bonds is 5. The minimum Gasteiger partial charge on any atom is -0.480 e. The minimum atomic E-state index is -0.865. The number of hydrogen-bond donors (Lipinski definition) is 2. The molecular formula is C11H17NO2S. The summed E-state index contributed by atoms with van der Waals surface area (Å²) >= 11 is 1.73. The average molecular weight is 227 g/mol. The smallest absolute Gasteiger partial charge is 0.323 e. The summed E-state index contributed by atoms with van der Waals surface area (Å²) in [6.07, 6.45) is 1.03. The quantitative estimate of drug-likeness (QED) is 0.811. The lowest BCUT2D eigenvalue weighted by Gasteiger charge is -2.20. The lowest BCUT2D eigenvalue weighted by Crippen LogP contribution is -2.45. The Morgan fingerprint density at radius 1 is 1.47 bits per heavy atom. The van der Waals surface area contributed by atoms with E-state index in [2.05, 4.69) is 24.4 Å². The van der Waals surface area contributed by atoms with Gasteiger partial charge in [0, 0.05) is 16.3 Å². The van der Waals surface area contributed by atoms with Crippen LogP contribution in [0.4, 0.5) is 0 Å². The normalized spacial score (nSPS) is 11.7. The number of carbonyl (C=O) groups is 1. The molecule has 1 heterocycles. The van der Waals surface area contributed by atoms with E-state index in [-0.39, 0.29) is 0 Å². The van der Waals surface area contributed by atoms with E-state index in [1.54, 1.807) is 25.2 Å². The van der Waals surface area contributed by atoms with Crippen LogP contribution in [0.2, 0.25) is 0 Å². The van der Waals surface area contributed by atoms with Crippen molar-refractivity contribution in [1.29, 1.82) is 0 Å². The van der Waals surface area contributed by atoms with Gasteiger partial charge in [0.2, 0.25) is 0 Å². The monoisotopic (exact) mass is 227 g/mol. The van der Waals surface area contributed by atoms with Gasteiger partial charge >= 0.3 is 5.97 Å². The first-order chi connectivity index (χ1) is 6.95. The minimum absolute atomic E-state index is 0.615. The van der Waals surface area contributed by atoms with Crippen LogP contribution in [0.1, 0.15) is 30.5 Å². The highest BCUT2D eigenvalue weighted by Gasteiger charge is 2.25. The highest BCUT2D eigenvalue weighted by atomic mass is 32.1. The number of hydrogen-bond acceptors (Lipinski definition) is 3. The molecule has 1 aromatic rings. The van der Waals surface area contributed by atoms with Crippen molar-refractivity contribution in [1.82, 2.24) is 5.32 Å². The molecule has 0 fully saturated rings. The summed E-state index contributed by atoms with van der Waals surface area (Å²) in [5.41, 5.74) is -0.865. The highest BCUT2D eigenvalue weighted by molar-refractivity contribution is 7.11. The van der Waals surface area contributed by atoms with Crippen LogP contribution in [-0.2, 0) is 17.8 Å². The zero-order valence-electron chi connectivity index (χ0n) is 9.33. The van der Waals surface area contributed by atoms with Gasteiger partial charge in [0.15, 0.2) is 0 Å². The molecule has 0 saturated heterocycles. The van der Waals surface area contributed by atoms with Crippen molar-refractivity contribution in [3.63, 3.8) is 0 Å². The topological polar surface area (TPSA) is 49.3 Å². The Bertz CT molecular complexity index is 344. The molecule has 1 rings (SSSR count). The van der Waals surface area contributed by atoms with Crippen molar-refractivity contribution in [2.45, 2.75) is 39.3 Å². The summed E-state index contributed by atoms with van der Waals surface area (Å²) in [6, 6.07) is 4.14. The maximum Gasteiger partial charge on any atom is 0.323 e. The third kappa shape index (κ3) is 3.32. The van der Waals surface area contributed by atoms with Gasteiger partial charge < -0.3 is 5.11 Å². The Kier molecular flexibility index (Phi) is 3.88. The van der Waals surface area contributed by atoms with Gasteiger partial charge in [-0.1, -0.05) is 6.92 Å². The van der Waals surface area contributed by atoms with E-state index in [9.17, 15) is 4.79 Å². The maximum absolute atomic E-state index is 10.8. The molecule has 0 amide bonds. The van der Waals surface area contributed by atoms with Crippen LogP contribution in [0.5, 0.6) is 0 Å². The van der Waals surface area contributed by atoms with Crippen molar-refractivity contribution in [3.05, 3.63) is 21.9 Å². The fourth-order valence-corrected chi connectivity index (χ4v) is 1.99. The molecule has 1 aromatic heterocycles. The van der Waals surface area contributed by atoms with Crippen molar-refractivity contribution >= 4 is 17.3 Å². The molecule has 0 saturated carbocycles. The van der Waals surface area contributed by atoms with E-state index in [4.69, 9.17) is 5.11 Å². The second-order valence-electron chi connectivity index (χ2n) is 4.01. The van der Waals surface area contributed by atoms with Gasteiger partial charge in [0.25, 0.3) is 0 Å². The molecule has 0 aliphatic rings. The zero-order valence-corrected chi connectivity index (χ0v) is 10.1. The third-order valence-corrected chi connectivity index (χ3v) is 3.53. The number of aryl methyl sites for hydroxylation is 1. The van der Waals surface area contributed by atoms with Gasteiger partial charge in [0.1, 0.15) is 5.54 Å². The number of carboxylic acid groups (broad SMARTS) is 1. The van der Waals surface area contributed by atoms with Crippen LogP contribution in [0.25, 0.3) is 0 Å². The molecule has 0 aliphatic heterocycles. The Morgan fingerprint density at radius 2 is 2.07 bits per heavy atom. The first-order valence-corrected chi connectivity index (χ1v) is 5.83. The number of thiophene rings is 1. The van der Waals surface area contributed by atoms with Crippen molar-refractivity contribution < 1.29 is 9.90 Å². The Hall–Kier alpha value is -0.870. The summed E-state index contributed by atoms with van der Waals surface area (Å²) in [6.45, 7) is 6.07. The molecule has 0 unspecified atom stereocenters. The largest absolute Gasteiger partial charge is 0.480 e. The van der Waals surface area contributed by atoms with Crippen LogP contribution in [0.15, 0.2) is 12.1 Å². The first kappa shape index (κ1) is 12.2. The lowest BCUT2D eigenvalue weighted by molar-refractivity contribution is -0.143. The molecular weight excluding hydrogens is 210 g/mol. The fraction of sp³-hybridized carbons (Fsp3) is 0.545. The van der Waals surface area contributed by atoms with E-state index in [0.29, 0.717) is 6.54 Å². The maximum atomic E-state index is 10.8. The third-order valence-electron chi connectivity index (χ3n) is 2.30. The van der Waals surface area contributed by atoms with Gasteiger partial charge in [-0.05, 0) is 32.4 Å². The van der Waals surface area contributed by atoms with Gasteiger partial charge in [-0.25, -0.2) is 0 Å². The molecule has 0 spiro atoms. The van der Waals surface area contributed by atoms with E-state index in [1.807, 2.05) is 0 Å². The fourth-order valence-electron chi connectivity index (χ4n) is 1.09. The van der Waals surface area contributed by atoms with E-state index in [0.717, 1.165) is 6.42 Å². The molecule has 2 N–H and O–H groups in total. The molecule has 0 bridgehead atoms. The van der Waals surface area contributed by atoms with Crippen molar-refractivity contribution in [3.8, 4) is 0 Å². The molecule has 0 aliphatic carbocycles. The van der Waals surface area contributed by atoms with Crippen LogP contribution in [0, 0.1) is 0 Å². The van der Waals surface area contributed by atoms with Crippen molar-refractivity contribution in [2.24, 2.45) is 0 Å². The zero-order chi connectivity index (χ0) is 11.5. The first-order valence-electron chi connectivity index (χ1n) is 5.01. The summed E-state index contributed by atoms with van der Waals surface area (Å²) in [5, 5.41) is 11.9. The highest BCUT2D eigenvalue weighted by Crippen LogP contribution is 2.17. The number of nitrogens with one attached hydrogen (secondary N) is 1. The Morgan fingerprint density at radius 3 is 2.53 bits per heavy atom. The second kappa shape index (κ2) is 4.77. The van der Waals surface area contributed by atoms with Crippen LogP contribution < -0.4 is 5.32 Å². The molecule has 0 atom stereocenters. The predicted octanol–water partition coefficient (Wildman–Crippen LogP) is 2.26. The summed E-state index contributed by atoms with van der Waals surface area (Å²) in [4.78, 5) is 13.4. The Balaban J connectivity index is 2.53. The standard InChI is InChI=1S/C11H17NO2S/c1-4-8-5-6-9(15-8)7-12-11(2,3)10(13)14/h5-6,12H,4,7H2,1-3H3,(H,13,14). The summed E-state index contributed by atoms with van der Waals surface area (Å²) in [7, 11) is 0. The van der Waals surface area contributed by atoms with E-state index < -0.39 is 11.5 Å². The van der Waals surface area contributed by atoms with Crippen LogP contribution in [0.3, 0.4) is 0 Å². The van der Waals surface area contributed by atoms with Gasteiger partial charge in [0.05, 0.1) is 0 Å². The van der Waals surface area contributed by atoms with E-state index >= 15 is 0 Å². The average Bonchev–Trinajstić information content (AvgIpc) is 2.62. The summed E-state index contributed by atoms with van der Waals surface area (Å²) in [5.74, 6) is -0.824. The molecule has 0 aromatic carbocycles. The van der Waals surface area contributed by atoms with Gasteiger partial charge in [-0.3, -0.25) is 10.1 Å². The Labute approximate surface area is 94.1 Å². The lowest BCUT2D eigenvalue weighted by atomic mass is 10.1. The predicted molar refractivity (Wildman–Crippen MR) is 62.3 cm³/mol. The summed E-state index contributed by atoms with van der Waals surface area (Å²) < 4.78 is 0. The molecule has 15 heavy (non-hydrogen) atoms. The van der Waals surface area contributed by atoms with Crippen LogP contribution >= 0.6 is 11.3 Å².